The van der Waals surface area contributed by atoms with Gasteiger partial charge in [-0.1, -0.05) is 36.7 Å². The Hall–Kier alpha value is 0.440. The van der Waals surface area contributed by atoms with Gasteiger partial charge in [0.15, 0.2) is 0 Å². The Bertz CT molecular complexity index is 104. The van der Waals surface area contributed by atoms with Crippen molar-refractivity contribution >= 4 is 15.9 Å². The third-order valence-corrected chi connectivity index (χ3v) is 3.08. The van der Waals surface area contributed by atoms with Crippen molar-refractivity contribution in [3.63, 3.8) is 0 Å². The lowest BCUT2D eigenvalue weighted by molar-refractivity contribution is 0.281. The van der Waals surface area contributed by atoms with Gasteiger partial charge in [0, 0.05) is 11.9 Å². The Morgan fingerprint density at radius 1 is 1.25 bits per heavy atom. The fourth-order valence-electron chi connectivity index (χ4n) is 1.15. The molecule has 1 unspecified atom stereocenters. The van der Waals surface area contributed by atoms with E-state index in [4.69, 9.17) is 0 Å². The zero-order valence-corrected chi connectivity index (χ0v) is 10.4. The van der Waals surface area contributed by atoms with Crippen LogP contribution in [-0.2, 0) is 0 Å². The second-order valence-corrected chi connectivity index (χ2v) is 4.85. The molecule has 0 saturated heterocycles. The van der Waals surface area contributed by atoms with Crippen molar-refractivity contribution in [2.24, 2.45) is 11.8 Å². The van der Waals surface area contributed by atoms with Crippen LogP contribution in [0.1, 0.15) is 27.2 Å². The molecule has 0 amide bonds. The van der Waals surface area contributed by atoms with Gasteiger partial charge in [0.2, 0.25) is 0 Å². The molecule has 0 aliphatic heterocycles. The molecule has 74 valence electrons. The summed E-state index contributed by atoms with van der Waals surface area (Å²) in [5, 5.41) is 1.11. The molecule has 0 bridgehead atoms. The first kappa shape index (κ1) is 12.4. The monoisotopic (exact) mass is 235 g/mol. The van der Waals surface area contributed by atoms with Gasteiger partial charge in [-0.3, -0.25) is 0 Å². The van der Waals surface area contributed by atoms with Crippen LogP contribution in [0.4, 0.5) is 0 Å². The summed E-state index contributed by atoms with van der Waals surface area (Å²) in [6, 6.07) is 0. The van der Waals surface area contributed by atoms with Gasteiger partial charge in [-0.2, -0.15) is 0 Å². The summed E-state index contributed by atoms with van der Waals surface area (Å²) in [4.78, 5) is 2.42. The summed E-state index contributed by atoms with van der Waals surface area (Å²) in [5.74, 6) is 1.59. The van der Waals surface area contributed by atoms with E-state index in [0.717, 1.165) is 17.2 Å². The third-order valence-electron chi connectivity index (χ3n) is 1.97. The van der Waals surface area contributed by atoms with E-state index in [1.165, 1.54) is 19.5 Å². The molecule has 2 heteroatoms. The van der Waals surface area contributed by atoms with E-state index < -0.39 is 0 Å². The normalized spacial score (nSPS) is 14.2. The van der Waals surface area contributed by atoms with Gasteiger partial charge in [-0.25, -0.2) is 0 Å². The molecule has 0 fully saturated rings. The molecule has 0 rings (SSSR count). The highest BCUT2D eigenvalue weighted by atomic mass is 79.9. The SMILES string of the molecule is CC(C)CCN(C)CC(C)CBr. The maximum atomic E-state index is 3.50. The van der Waals surface area contributed by atoms with Gasteiger partial charge < -0.3 is 4.90 Å². The van der Waals surface area contributed by atoms with Crippen molar-refractivity contribution in [3.05, 3.63) is 0 Å². The van der Waals surface area contributed by atoms with Crippen LogP contribution in [-0.4, -0.2) is 30.4 Å². The summed E-state index contributed by atoms with van der Waals surface area (Å²) in [5.41, 5.74) is 0. The minimum Gasteiger partial charge on any atom is -0.306 e. The molecule has 0 radical (unpaired) electrons. The number of nitrogens with zero attached hydrogens (tertiary/aromatic N) is 1. The van der Waals surface area contributed by atoms with Gasteiger partial charge in [-0.15, -0.1) is 0 Å². The molecule has 1 atom stereocenters. The molecule has 12 heavy (non-hydrogen) atoms. The maximum absolute atomic E-state index is 3.50. The van der Waals surface area contributed by atoms with Gasteiger partial charge in [0.1, 0.15) is 0 Å². The van der Waals surface area contributed by atoms with Crippen molar-refractivity contribution in [1.29, 1.82) is 0 Å². The van der Waals surface area contributed by atoms with E-state index in [-0.39, 0.29) is 0 Å². The topological polar surface area (TPSA) is 3.24 Å². The lowest BCUT2D eigenvalue weighted by Crippen LogP contribution is -2.26. The molecule has 0 aliphatic carbocycles. The van der Waals surface area contributed by atoms with Crippen LogP contribution in [0.5, 0.6) is 0 Å². The Morgan fingerprint density at radius 2 is 1.83 bits per heavy atom. The van der Waals surface area contributed by atoms with E-state index in [2.05, 4.69) is 48.6 Å². The maximum Gasteiger partial charge on any atom is 0.00692 e. The summed E-state index contributed by atoms with van der Waals surface area (Å²) >= 11 is 3.50. The quantitative estimate of drug-likeness (QED) is 0.641. The van der Waals surface area contributed by atoms with E-state index in [1.807, 2.05) is 0 Å². The molecule has 0 aliphatic rings. The van der Waals surface area contributed by atoms with Gasteiger partial charge in [0.05, 0.1) is 0 Å². The molecule has 0 spiro atoms. The first-order chi connectivity index (χ1) is 5.56. The average molecular weight is 236 g/mol. The Labute approximate surface area is 85.7 Å². The molecule has 0 aromatic heterocycles. The van der Waals surface area contributed by atoms with Crippen LogP contribution in [0.2, 0.25) is 0 Å². The molecule has 0 aromatic carbocycles. The van der Waals surface area contributed by atoms with Crippen LogP contribution < -0.4 is 0 Å². The predicted octanol–water partition coefficient (Wildman–Crippen LogP) is 3.00. The number of alkyl halides is 1. The lowest BCUT2D eigenvalue weighted by atomic mass is 10.1. The van der Waals surface area contributed by atoms with Crippen LogP contribution in [0.3, 0.4) is 0 Å². The third kappa shape index (κ3) is 7.11. The van der Waals surface area contributed by atoms with Crippen molar-refractivity contribution in [1.82, 2.24) is 4.90 Å². The van der Waals surface area contributed by atoms with Crippen LogP contribution in [0.25, 0.3) is 0 Å². The average Bonchev–Trinajstić information content (AvgIpc) is 2.00. The number of hydrogen-bond donors (Lipinski definition) is 0. The lowest BCUT2D eigenvalue weighted by Gasteiger charge is -2.20. The highest BCUT2D eigenvalue weighted by Crippen LogP contribution is 2.05. The highest BCUT2D eigenvalue weighted by Gasteiger charge is 2.05. The van der Waals surface area contributed by atoms with Gasteiger partial charge in [0.25, 0.3) is 0 Å². The largest absolute Gasteiger partial charge is 0.306 e. The zero-order valence-electron chi connectivity index (χ0n) is 8.81. The van der Waals surface area contributed by atoms with Crippen molar-refractivity contribution in [2.75, 3.05) is 25.5 Å². The molecular formula is C10H22BrN. The Balaban J connectivity index is 3.39. The van der Waals surface area contributed by atoms with E-state index in [1.54, 1.807) is 0 Å². The molecule has 1 nitrogen and oxygen atoms in total. The summed E-state index contributed by atoms with van der Waals surface area (Å²) in [6.07, 6.45) is 1.31. The summed E-state index contributed by atoms with van der Waals surface area (Å²) in [6.45, 7) is 9.27. The fourth-order valence-corrected chi connectivity index (χ4v) is 1.36. The first-order valence-corrected chi connectivity index (χ1v) is 5.93. The second-order valence-electron chi connectivity index (χ2n) is 4.20. The highest BCUT2D eigenvalue weighted by molar-refractivity contribution is 9.09. The van der Waals surface area contributed by atoms with Crippen LogP contribution in [0, 0.1) is 11.8 Å². The Kier molecular flexibility index (Phi) is 7.16. The van der Waals surface area contributed by atoms with Crippen molar-refractivity contribution in [2.45, 2.75) is 27.2 Å². The summed E-state index contributed by atoms with van der Waals surface area (Å²) < 4.78 is 0. The van der Waals surface area contributed by atoms with E-state index >= 15 is 0 Å². The van der Waals surface area contributed by atoms with Gasteiger partial charge >= 0.3 is 0 Å². The zero-order chi connectivity index (χ0) is 9.56. The molecule has 0 heterocycles. The first-order valence-electron chi connectivity index (χ1n) is 4.80. The summed E-state index contributed by atoms with van der Waals surface area (Å²) in [7, 11) is 2.21. The minimum absolute atomic E-state index is 0.766. The number of hydrogen-bond acceptors (Lipinski definition) is 1. The van der Waals surface area contributed by atoms with E-state index in [0.29, 0.717) is 0 Å². The Morgan fingerprint density at radius 3 is 2.25 bits per heavy atom. The van der Waals surface area contributed by atoms with E-state index in [9.17, 15) is 0 Å². The minimum atomic E-state index is 0.766. The predicted molar refractivity (Wildman–Crippen MR) is 59.9 cm³/mol. The fraction of sp³-hybridized carbons (Fsp3) is 1.00. The molecular weight excluding hydrogens is 214 g/mol. The van der Waals surface area contributed by atoms with Crippen LogP contribution in [0.15, 0.2) is 0 Å². The second kappa shape index (κ2) is 6.90. The van der Waals surface area contributed by atoms with Crippen molar-refractivity contribution < 1.29 is 0 Å². The standard InChI is InChI=1S/C10H22BrN/c1-9(2)5-6-12(4)8-10(3)7-11/h9-10H,5-8H2,1-4H3. The number of rotatable bonds is 6. The molecule has 0 aromatic rings. The van der Waals surface area contributed by atoms with Gasteiger partial charge in [-0.05, 0) is 31.8 Å². The number of halogens is 1. The van der Waals surface area contributed by atoms with Crippen LogP contribution >= 0.6 is 15.9 Å². The molecule has 0 saturated carbocycles. The smallest absolute Gasteiger partial charge is 0.00692 e. The van der Waals surface area contributed by atoms with Crippen molar-refractivity contribution in [3.8, 4) is 0 Å². The molecule has 0 N–H and O–H groups in total.